The number of aromatic nitrogens is 3. The molecule has 1 aromatic heterocycles. The number of anilines is 1. The van der Waals surface area contributed by atoms with Crippen LogP contribution in [-0.2, 0) is 16.1 Å². The fourth-order valence-electron chi connectivity index (χ4n) is 3.00. The van der Waals surface area contributed by atoms with Gasteiger partial charge < -0.3 is 10.2 Å². The van der Waals surface area contributed by atoms with Crippen LogP contribution >= 0.6 is 0 Å². The highest BCUT2D eigenvalue weighted by molar-refractivity contribution is 6.00. The molecule has 1 N–H and O–H groups in total. The summed E-state index contributed by atoms with van der Waals surface area (Å²) in [7, 11) is 0. The number of nitrogens with one attached hydrogen (secondary N) is 1. The van der Waals surface area contributed by atoms with Crippen molar-refractivity contribution in [3.05, 3.63) is 42.2 Å². The van der Waals surface area contributed by atoms with E-state index in [1.165, 1.54) is 24.8 Å². The summed E-state index contributed by atoms with van der Waals surface area (Å²) in [5.41, 5.74) is 1.39. The lowest BCUT2D eigenvalue weighted by Gasteiger charge is -2.33. The zero-order valence-corrected chi connectivity index (χ0v) is 14.0. The Bertz CT molecular complexity index is 762. The van der Waals surface area contributed by atoms with Crippen molar-refractivity contribution in [3.8, 4) is 0 Å². The Morgan fingerprint density at radius 1 is 1.44 bits per heavy atom. The summed E-state index contributed by atoms with van der Waals surface area (Å²) in [4.78, 5) is 30.3. The highest BCUT2D eigenvalue weighted by Gasteiger charge is 2.31. The van der Waals surface area contributed by atoms with Crippen molar-refractivity contribution in [1.82, 2.24) is 20.1 Å². The van der Waals surface area contributed by atoms with Gasteiger partial charge in [-0.1, -0.05) is 0 Å². The summed E-state index contributed by atoms with van der Waals surface area (Å²) >= 11 is 0. The maximum atomic E-state index is 13.3. The minimum atomic E-state index is -0.554. The molecule has 0 radical (unpaired) electrons. The molecule has 1 fully saturated rings. The van der Waals surface area contributed by atoms with Gasteiger partial charge in [-0.3, -0.25) is 14.3 Å². The maximum Gasteiger partial charge on any atom is 0.249 e. The van der Waals surface area contributed by atoms with Gasteiger partial charge in [-0.25, -0.2) is 9.37 Å². The zero-order chi connectivity index (χ0) is 17.8. The Kier molecular flexibility index (Phi) is 5.06. The summed E-state index contributed by atoms with van der Waals surface area (Å²) in [5, 5.41) is 6.73. The summed E-state index contributed by atoms with van der Waals surface area (Å²) in [5.74, 6) is -0.690. The molecule has 1 aliphatic heterocycles. The van der Waals surface area contributed by atoms with Crippen molar-refractivity contribution >= 4 is 17.5 Å². The molecule has 0 bridgehead atoms. The molecule has 2 aromatic rings. The van der Waals surface area contributed by atoms with Crippen LogP contribution in [0, 0.1) is 12.7 Å². The van der Waals surface area contributed by atoms with Gasteiger partial charge in [-0.05, 0) is 43.5 Å². The largest absolute Gasteiger partial charge is 0.344 e. The minimum Gasteiger partial charge on any atom is -0.344 e. The van der Waals surface area contributed by atoms with Crippen molar-refractivity contribution in [2.45, 2.75) is 38.8 Å². The van der Waals surface area contributed by atoms with Gasteiger partial charge in [0.1, 0.15) is 24.5 Å². The molecule has 7 nitrogen and oxygen atoms in total. The number of hydrogen-bond donors (Lipinski definition) is 1. The van der Waals surface area contributed by atoms with E-state index < -0.39 is 6.04 Å². The molecule has 1 aliphatic rings. The monoisotopic (exact) mass is 345 g/mol. The average molecular weight is 345 g/mol. The molecule has 2 heterocycles. The number of hydrogen-bond acceptors (Lipinski definition) is 4. The number of halogens is 1. The molecule has 132 valence electrons. The van der Waals surface area contributed by atoms with Gasteiger partial charge in [0.05, 0.1) is 6.54 Å². The summed E-state index contributed by atoms with van der Waals surface area (Å²) in [6.45, 7) is 2.75. The van der Waals surface area contributed by atoms with E-state index in [4.69, 9.17) is 0 Å². The van der Waals surface area contributed by atoms with E-state index in [1.807, 2.05) is 0 Å². The number of rotatable bonds is 5. The van der Waals surface area contributed by atoms with Crippen LogP contribution in [0.3, 0.4) is 0 Å². The van der Waals surface area contributed by atoms with Crippen molar-refractivity contribution in [1.29, 1.82) is 0 Å². The summed E-state index contributed by atoms with van der Waals surface area (Å²) in [6, 6.07) is 3.80. The Morgan fingerprint density at radius 3 is 3.00 bits per heavy atom. The third-order valence-corrected chi connectivity index (χ3v) is 4.26. The predicted molar refractivity (Wildman–Crippen MR) is 89.3 cm³/mol. The second kappa shape index (κ2) is 7.42. The van der Waals surface area contributed by atoms with Gasteiger partial charge in [-0.2, -0.15) is 5.10 Å². The molecule has 0 saturated carbocycles. The van der Waals surface area contributed by atoms with Crippen LogP contribution in [0.5, 0.6) is 0 Å². The van der Waals surface area contributed by atoms with Crippen LogP contribution in [0.2, 0.25) is 0 Å². The lowest BCUT2D eigenvalue weighted by atomic mass is 10.0. The fraction of sp³-hybridized carbons (Fsp3) is 0.412. The van der Waals surface area contributed by atoms with E-state index in [0.717, 1.165) is 6.42 Å². The number of piperidine rings is 1. The van der Waals surface area contributed by atoms with E-state index in [1.54, 1.807) is 22.6 Å². The van der Waals surface area contributed by atoms with Crippen LogP contribution in [0.1, 0.15) is 24.8 Å². The Hall–Kier alpha value is -2.77. The summed E-state index contributed by atoms with van der Waals surface area (Å²) < 4.78 is 14.9. The van der Waals surface area contributed by atoms with E-state index in [-0.39, 0.29) is 24.1 Å². The fourth-order valence-corrected chi connectivity index (χ4v) is 3.00. The first-order valence-corrected chi connectivity index (χ1v) is 8.24. The van der Waals surface area contributed by atoms with E-state index in [9.17, 15) is 14.0 Å². The van der Waals surface area contributed by atoms with Crippen molar-refractivity contribution in [2.24, 2.45) is 0 Å². The van der Waals surface area contributed by atoms with Gasteiger partial charge in [0.25, 0.3) is 0 Å². The highest BCUT2D eigenvalue weighted by atomic mass is 19.1. The third kappa shape index (κ3) is 4.01. The molecule has 0 unspecified atom stereocenters. The molecule has 2 amide bonds. The van der Waals surface area contributed by atoms with Crippen molar-refractivity contribution in [2.75, 3.05) is 11.4 Å². The zero-order valence-electron chi connectivity index (χ0n) is 14.0. The first-order chi connectivity index (χ1) is 12.0. The smallest absolute Gasteiger partial charge is 0.249 e. The number of benzene rings is 1. The number of aryl methyl sites for hydroxylation is 2. The van der Waals surface area contributed by atoms with Crippen LogP contribution in [0.4, 0.5) is 10.1 Å². The van der Waals surface area contributed by atoms with Crippen LogP contribution in [0.15, 0.2) is 30.9 Å². The molecule has 25 heavy (non-hydrogen) atoms. The quantitative estimate of drug-likeness (QED) is 0.889. The van der Waals surface area contributed by atoms with Gasteiger partial charge in [0.15, 0.2) is 0 Å². The average Bonchev–Trinajstić information content (AvgIpc) is 3.09. The molecular formula is C17H20FN5O2. The maximum absolute atomic E-state index is 13.3. The predicted octanol–water partition coefficient (Wildman–Crippen LogP) is 1.43. The first-order valence-electron chi connectivity index (χ1n) is 8.24. The molecule has 0 spiro atoms. The summed E-state index contributed by atoms with van der Waals surface area (Å²) in [6.07, 6.45) is 4.55. The number of nitrogens with zero attached hydrogens (tertiary/aromatic N) is 4. The van der Waals surface area contributed by atoms with E-state index >= 15 is 0 Å². The topological polar surface area (TPSA) is 80.1 Å². The van der Waals surface area contributed by atoms with Crippen LogP contribution in [-0.4, -0.2) is 39.2 Å². The standard InChI is InChI=1S/C17H20FN5O2/c1-12-9-13(18)4-5-15(12)23-7-2-3-14(17(23)25)21-16(24)6-8-22-11-19-10-20-22/h4-5,9-11,14H,2-3,6-8H2,1H3,(H,21,24)/t14-/m0/s1. The Morgan fingerprint density at radius 2 is 2.28 bits per heavy atom. The Balaban J connectivity index is 1.62. The van der Waals surface area contributed by atoms with E-state index in [2.05, 4.69) is 15.4 Å². The van der Waals surface area contributed by atoms with Gasteiger partial charge in [0, 0.05) is 18.7 Å². The van der Waals surface area contributed by atoms with Crippen molar-refractivity contribution < 1.29 is 14.0 Å². The van der Waals surface area contributed by atoms with Gasteiger partial charge in [0.2, 0.25) is 11.8 Å². The van der Waals surface area contributed by atoms with Crippen molar-refractivity contribution in [3.63, 3.8) is 0 Å². The molecule has 1 atom stereocenters. The molecule has 1 saturated heterocycles. The second-order valence-corrected chi connectivity index (χ2v) is 6.09. The number of amides is 2. The normalized spacial score (nSPS) is 17.6. The van der Waals surface area contributed by atoms with Gasteiger partial charge in [-0.15, -0.1) is 0 Å². The molecular weight excluding hydrogens is 325 g/mol. The molecule has 3 rings (SSSR count). The first kappa shape index (κ1) is 17.1. The number of carbonyl (C=O) groups excluding carboxylic acids is 2. The lowest BCUT2D eigenvalue weighted by molar-refractivity contribution is -0.128. The molecule has 8 heteroatoms. The number of carbonyl (C=O) groups is 2. The van der Waals surface area contributed by atoms with Gasteiger partial charge >= 0.3 is 0 Å². The lowest BCUT2D eigenvalue weighted by Crippen LogP contribution is -2.52. The second-order valence-electron chi connectivity index (χ2n) is 6.09. The molecule has 1 aromatic carbocycles. The SMILES string of the molecule is Cc1cc(F)ccc1N1CCC[C@H](NC(=O)CCn2cncn2)C1=O. The third-order valence-electron chi connectivity index (χ3n) is 4.26. The van der Waals surface area contributed by atoms with Crippen LogP contribution < -0.4 is 10.2 Å². The van der Waals surface area contributed by atoms with Crippen LogP contribution in [0.25, 0.3) is 0 Å². The Labute approximate surface area is 144 Å². The van der Waals surface area contributed by atoms with E-state index in [0.29, 0.717) is 30.8 Å². The minimum absolute atomic E-state index is 0.157. The molecule has 0 aliphatic carbocycles. The highest BCUT2D eigenvalue weighted by Crippen LogP contribution is 2.25.